The zero-order chi connectivity index (χ0) is 13.8. The number of thiocarbonyl (C=S) groups is 1. The van der Waals surface area contributed by atoms with Crippen molar-refractivity contribution in [2.75, 3.05) is 13.7 Å². The van der Waals surface area contributed by atoms with E-state index in [1.54, 1.807) is 7.11 Å². The molecule has 1 rings (SSSR count). The smallest absolute Gasteiger partial charge is 0.129 e. The number of benzene rings is 1. The zero-order valence-electron chi connectivity index (χ0n) is 11.4. The van der Waals surface area contributed by atoms with Crippen LogP contribution in [0.25, 0.3) is 0 Å². The molecule has 0 saturated carbocycles. The Morgan fingerprint density at radius 3 is 2.61 bits per heavy atom. The minimum atomic E-state index is -0.187. The number of hydrogen-bond acceptors (Lipinski definition) is 3. The number of hydrogen-bond donors (Lipinski definition) is 1. The Balaban J connectivity index is 2.72. The molecule has 0 fully saturated rings. The molecule has 0 saturated heterocycles. The first kappa shape index (κ1) is 14.9. The van der Waals surface area contributed by atoms with Gasteiger partial charge in [0.2, 0.25) is 0 Å². The highest BCUT2D eigenvalue weighted by Gasteiger charge is 2.16. The van der Waals surface area contributed by atoms with E-state index in [0.717, 1.165) is 23.3 Å². The van der Waals surface area contributed by atoms with Crippen LogP contribution in [0.4, 0.5) is 0 Å². The first-order valence-electron chi connectivity index (χ1n) is 5.94. The van der Waals surface area contributed by atoms with Gasteiger partial charge in [-0.2, -0.15) is 0 Å². The summed E-state index contributed by atoms with van der Waals surface area (Å²) < 4.78 is 11.1. The molecular formula is C14H21NO2S. The van der Waals surface area contributed by atoms with Crippen LogP contribution in [-0.2, 0) is 4.74 Å². The molecule has 100 valence electrons. The third kappa shape index (κ3) is 4.27. The first-order valence-corrected chi connectivity index (χ1v) is 6.35. The third-order valence-electron chi connectivity index (χ3n) is 2.92. The summed E-state index contributed by atoms with van der Waals surface area (Å²) in [5.41, 5.74) is 7.39. The maximum Gasteiger partial charge on any atom is 0.129 e. The predicted octanol–water partition coefficient (Wildman–Crippen LogP) is 2.82. The lowest BCUT2D eigenvalue weighted by Gasteiger charge is -2.23. The second-order valence-electron chi connectivity index (χ2n) is 4.93. The van der Waals surface area contributed by atoms with Crippen LogP contribution in [0, 0.1) is 6.92 Å². The van der Waals surface area contributed by atoms with Gasteiger partial charge in [0, 0.05) is 13.5 Å². The van der Waals surface area contributed by atoms with Crippen molar-refractivity contribution in [1.82, 2.24) is 0 Å². The van der Waals surface area contributed by atoms with Crippen LogP contribution in [0.2, 0.25) is 0 Å². The van der Waals surface area contributed by atoms with Crippen molar-refractivity contribution in [3.8, 4) is 5.75 Å². The minimum absolute atomic E-state index is 0.187. The van der Waals surface area contributed by atoms with Crippen LogP contribution in [0.1, 0.15) is 31.4 Å². The van der Waals surface area contributed by atoms with Crippen LogP contribution in [0.3, 0.4) is 0 Å². The topological polar surface area (TPSA) is 44.5 Å². The van der Waals surface area contributed by atoms with Gasteiger partial charge < -0.3 is 15.2 Å². The summed E-state index contributed by atoms with van der Waals surface area (Å²) >= 11 is 5.01. The molecule has 0 atom stereocenters. The molecule has 0 amide bonds. The molecule has 4 heteroatoms. The summed E-state index contributed by atoms with van der Waals surface area (Å²) in [6, 6.07) is 5.82. The van der Waals surface area contributed by atoms with Gasteiger partial charge in [-0.15, -0.1) is 0 Å². The number of methoxy groups -OCH3 is 1. The number of aryl methyl sites for hydroxylation is 1. The molecule has 0 aliphatic carbocycles. The van der Waals surface area contributed by atoms with Gasteiger partial charge in [-0.05, 0) is 38.5 Å². The van der Waals surface area contributed by atoms with Crippen molar-refractivity contribution in [1.29, 1.82) is 0 Å². The van der Waals surface area contributed by atoms with Gasteiger partial charge in [-0.25, -0.2) is 0 Å². The van der Waals surface area contributed by atoms with Crippen molar-refractivity contribution < 1.29 is 9.47 Å². The van der Waals surface area contributed by atoms with Gasteiger partial charge in [0.25, 0.3) is 0 Å². The highest BCUT2D eigenvalue weighted by atomic mass is 32.1. The number of nitrogens with two attached hydrogens (primary N) is 1. The quantitative estimate of drug-likeness (QED) is 0.805. The van der Waals surface area contributed by atoms with Gasteiger partial charge in [0.15, 0.2) is 0 Å². The van der Waals surface area contributed by atoms with E-state index in [4.69, 9.17) is 27.4 Å². The summed E-state index contributed by atoms with van der Waals surface area (Å²) in [4.78, 5) is 0.357. The molecule has 2 N–H and O–H groups in total. The van der Waals surface area contributed by atoms with E-state index in [9.17, 15) is 0 Å². The average molecular weight is 267 g/mol. The Morgan fingerprint density at radius 2 is 2.06 bits per heavy atom. The van der Waals surface area contributed by atoms with Gasteiger partial charge >= 0.3 is 0 Å². The van der Waals surface area contributed by atoms with Gasteiger partial charge in [0.05, 0.1) is 17.8 Å². The lowest BCUT2D eigenvalue weighted by Crippen LogP contribution is -2.25. The Hall–Kier alpha value is -1.13. The van der Waals surface area contributed by atoms with Crippen molar-refractivity contribution in [2.45, 2.75) is 32.8 Å². The first-order chi connectivity index (χ1) is 8.35. The van der Waals surface area contributed by atoms with Gasteiger partial charge in [0.1, 0.15) is 10.7 Å². The Morgan fingerprint density at radius 1 is 1.39 bits per heavy atom. The van der Waals surface area contributed by atoms with Crippen LogP contribution in [0.5, 0.6) is 5.75 Å². The zero-order valence-corrected chi connectivity index (χ0v) is 12.3. The Kier molecular flexibility index (Phi) is 5.11. The SMILES string of the molecule is COC(C)(C)CCOc1cc(C)ccc1C(N)=S. The molecule has 0 aromatic heterocycles. The van der Waals surface area contributed by atoms with E-state index >= 15 is 0 Å². The fraction of sp³-hybridized carbons (Fsp3) is 0.500. The maximum atomic E-state index is 5.77. The lowest BCUT2D eigenvalue weighted by atomic mass is 10.1. The van der Waals surface area contributed by atoms with Crippen LogP contribution in [0.15, 0.2) is 18.2 Å². The van der Waals surface area contributed by atoms with E-state index in [0.29, 0.717) is 11.6 Å². The number of ether oxygens (including phenoxy) is 2. The van der Waals surface area contributed by atoms with Crippen molar-refractivity contribution in [3.05, 3.63) is 29.3 Å². The summed E-state index contributed by atoms with van der Waals surface area (Å²) in [6.45, 7) is 6.64. The monoisotopic (exact) mass is 267 g/mol. The van der Waals surface area contributed by atoms with Crippen molar-refractivity contribution in [3.63, 3.8) is 0 Å². The van der Waals surface area contributed by atoms with Gasteiger partial charge in [-0.3, -0.25) is 0 Å². The molecule has 3 nitrogen and oxygen atoms in total. The second-order valence-corrected chi connectivity index (χ2v) is 5.37. The molecule has 18 heavy (non-hydrogen) atoms. The summed E-state index contributed by atoms with van der Waals surface area (Å²) in [7, 11) is 1.70. The lowest BCUT2D eigenvalue weighted by molar-refractivity contribution is 0.00544. The minimum Gasteiger partial charge on any atom is -0.493 e. The summed E-state index contributed by atoms with van der Waals surface area (Å²) in [5.74, 6) is 0.745. The molecule has 0 aliphatic heterocycles. The van der Waals surface area contributed by atoms with Crippen LogP contribution < -0.4 is 10.5 Å². The highest BCUT2D eigenvalue weighted by Crippen LogP contribution is 2.22. The molecule has 0 unspecified atom stereocenters. The highest BCUT2D eigenvalue weighted by molar-refractivity contribution is 7.80. The standard InChI is InChI=1S/C14H21NO2S/c1-10-5-6-11(13(15)18)12(9-10)17-8-7-14(2,3)16-4/h5-6,9H,7-8H2,1-4H3,(H2,15,18). The summed E-state index contributed by atoms with van der Waals surface area (Å²) in [6.07, 6.45) is 0.800. The van der Waals surface area contributed by atoms with Gasteiger partial charge in [-0.1, -0.05) is 18.3 Å². The molecule has 0 bridgehead atoms. The van der Waals surface area contributed by atoms with E-state index < -0.39 is 0 Å². The predicted molar refractivity (Wildman–Crippen MR) is 78.3 cm³/mol. The molecule has 0 radical (unpaired) electrons. The van der Waals surface area contributed by atoms with Crippen LogP contribution in [-0.4, -0.2) is 24.3 Å². The number of rotatable bonds is 6. The average Bonchev–Trinajstić information content (AvgIpc) is 2.28. The molecular weight excluding hydrogens is 246 g/mol. The fourth-order valence-electron chi connectivity index (χ4n) is 1.46. The Labute approximate surface area is 114 Å². The molecule has 0 aliphatic rings. The third-order valence-corrected chi connectivity index (χ3v) is 3.14. The molecule has 1 aromatic carbocycles. The molecule has 0 spiro atoms. The van der Waals surface area contributed by atoms with Crippen molar-refractivity contribution >= 4 is 17.2 Å². The fourth-order valence-corrected chi connectivity index (χ4v) is 1.63. The van der Waals surface area contributed by atoms with E-state index in [-0.39, 0.29) is 5.60 Å². The van der Waals surface area contributed by atoms with E-state index in [1.807, 2.05) is 39.0 Å². The van der Waals surface area contributed by atoms with Crippen LogP contribution >= 0.6 is 12.2 Å². The molecule has 1 aromatic rings. The maximum absolute atomic E-state index is 5.77. The second kappa shape index (κ2) is 6.16. The van der Waals surface area contributed by atoms with E-state index in [1.165, 1.54) is 0 Å². The largest absolute Gasteiger partial charge is 0.493 e. The normalized spacial score (nSPS) is 11.3. The van der Waals surface area contributed by atoms with E-state index in [2.05, 4.69) is 0 Å². The summed E-state index contributed by atoms with van der Waals surface area (Å²) in [5, 5.41) is 0. The molecule has 0 heterocycles. The Bertz CT molecular complexity index is 430. The van der Waals surface area contributed by atoms with Crippen molar-refractivity contribution in [2.24, 2.45) is 5.73 Å².